The number of rotatable bonds is 5. The van der Waals surface area contributed by atoms with Crippen LogP contribution in [0, 0.1) is 0 Å². The van der Waals surface area contributed by atoms with Crippen LogP contribution in [0.3, 0.4) is 0 Å². The molecule has 0 aliphatic heterocycles. The molecule has 1 N–H and O–H groups in total. The van der Waals surface area contributed by atoms with Gasteiger partial charge in [-0.15, -0.1) is 0 Å². The molecule has 1 heterocycles. The zero-order chi connectivity index (χ0) is 13.0. The second kappa shape index (κ2) is 5.18. The molecule has 0 atom stereocenters. The van der Waals surface area contributed by atoms with Crippen LogP contribution in [0.15, 0.2) is 40.8 Å². The molecule has 1 aromatic heterocycles. The molecule has 1 aromatic carbocycles. The minimum absolute atomic E-state index is 0.238. The highest BCUT2D eigenvalue weighted by Crippen LogP contribution is 2.25. The summed E-state index contributed by atoms with van der Waals surface area (Å²) in [6.45, 7) is -0.402. The van der Waals surface area contributed by atoms with Crippen molar-refractivity contribution >= 4 is 12.3 Å². The van der Waals surface area contributed by atoms with Gasteiger partial charge in [0.25, 0.3) is 0 Å². The van der Waals surface area contributed by atoms with Crippen molar-refractivity contribution in [2.75, 3.05) is 6.61 Å². The maximum atomic E-state index is 10.5. The average molecular weight is 246 g/mol. The third-order valence-corrected chi connectivity index (χ3v) is 2.22. The second-order valence-electron chi connectivity index (χ2n) is 3.53. The highest BCUT2D eigenvalue weighted by atomic mass is 16.5. The predicted octanol–water partition coefficient (Wildman–Crippen LogP) is 2.22. The van der Waals surface area contributed by atoms with Gasteiger partial charge in [-0.2, -0.15) is 0 Å². The SMILES string of the molecule is O=Cc1ccc(-c2cccc(OCC(=O)O)c2)o1. The first-order valence-corrected chi connectivity index (χ1v) is 5.19. The molecule has 2 aromatic rings. The van der Waals surface area contributed by atoms with E-state index in [0.717, 1.165) is 0 Å². The van der Waals surface area contributed by atoms with Crippen molar-refractivity contribution in [1.82, 2.24) is 0 Å². The fourth-order valence-corrected chi connectivity index (χ4v) is 1.46. The number of ether oxygens (including phenoxy) is 1. The van der Waals surface area contributed by atoms with Crippen LogP contribution in [0.4, 0.5) is 0 Å². The molecule has 0 aliphatic carbocycles. The van der Waals surface area contributed by atoms with Gasteiger partial charge in [-0.1, -0.05) is 12.1 Å². The fraction of sp³-hybridized carbons (Fsp3) is 0.0769. The largest absolute Gasteiger partial charge is 0.482 e. The molecule has 0 aliphatic rings. The van der Waals surface area contributed by atoms with E-state index in [2.05, 4.69) is 0 Å². The quantitative estimate of drug-likeness (QED) is 0.818. The number of aldehydes is 1. The van der Waals surface area contributed by atoms with Gasteiger partial charge >= 0.3 is 5.97 Å². The average Bonchev–Trinajstić information content (AvgIpc) is 2.85. The van der Waals surface area contributed by atoms with E-state index in [4.69, 9.17) is 14.3 Å². The van der Waals surface area contributed by atoms with Gasteiger partial charge in [0.2, 0.25) is 0 Å². The first kappa shape index (κ1) is 11.9. The second-order valence-corrected chi connectivity index (χ2v) is 3.53. The Morgan fingerprint density at radius 3 is 2.83 bits per heavy atom. The summed E-state index contributed by atoms with van der Waals surface area (Å²) in [6.07, 6.45) is 0.619. The molecule has 18 heavy (non-hydrogen) atoms. The molecule has 0 saturated carbocycles. The molecule has 0 unspecified atom stereocenters. The number of carbonyl (C=O) groups is 2. The maximum absolute atomic E-state index is 10.5. The van der Waals surface area contributed by atoms with Gasteiger partial charge in [-0.25, -0.2) is 4.79 Å². The Morgan fingerprint density at radius 2 is 2.17 bits per heavy atom. The van der Waals surface area contributed by atoms with Crippen LogP contribution in [-0.2, 0) is 4.79 Å². The van der Waals surface area contributed by atoms with Gasteiger partial charge in [0.05, 0.1) is 0 Å². The number of carboxylic acid groups (broad SMARTS) is 1. The fourth-order valence-electron chi connectivity index (χ4n) is 1.46. The van der Waals surface area contributed by atoms with Crippen LogP contribution in [0.5, 0.6) is 5.75 Å². The Kier molecular flexibility index (Phi) is 3.43. The van der Waals surface area contributed by atoms with E-state index in [1.807, 2.05) is 0 Å². The smallest absolute Gasteiger partial charge is 0.341 e. The zero-order valence-electron chi connectivity index (χ0n) is 9.33. The van der Waals surface area contributed by atoms with Crippen molar-refractivity contribution in [3.8, 4) is 17.1 Å². The summed E-state index contributed by atoms with van der Waals surface area (Å²) in [4.78, 5) is 20.9. The maximum Gasteiger partial charge on any atom is 0.341 e. The molecule has 5 nitrogen and oxygen atoms in total. The topological polar surface area (TPSA) is 76.7 Å². The van der Waals surface area contributed by atoms with E-state index in [0.29, 0.717) is 23.4 Å². The minimum atomic E-state index is -1.04. The molecule has 2 rings (SSSR count). The van der Waals surface area contributed by atoms with Crippen LogP contribution in [0.2, 0.25) is 0 Å². The van der Waals surface area contributed by atoms with E-state index in [9.17, 15) is 9.59 Å². The molecule has 0 amide bonds. The lowest BCUT2D eigenvalue weighted by Crippen LogP contribution is -2.09. The van der Waals surface area contributed by atoms with Gasteiger partial charge in [0, 0.05) is 5.56 Å². The van der Waals surface area contributed by atoms with Crippen molar-refractivity contribution < 1.29 is 23.8 Å². The van der Waals surface area contributed by atoms with E-state index in [-0.39, 0.29) is 5.76 Å². The zero-order valence-corrected chi connectivity index (χ0v) is 9.33. The monoisotopic (exact) mass is 246 g/mol. The summed E-state index contributed by atoms with van der Waals surface area (Å²) < 4.78 is 10.3. The number of hydrogen-bond donors (Lipinski definition) is 1. The lowest BCUT2D eigenvalue weighted by molar-refractivity contribution is -0.139. The van der Waals surface area contributed by atoms with Crippen molar-refractivity contribution in [1.29, 1.82) is 0 Å². The lowest BCUT2D eigenvalue weighted by Gasteiger charge is -2.04. The van der Waals surface area contributed by atoms with E-state index < -0.39 is 12.6 Å². The molecule has 0 fully saturated rings. The van der Waals surface area contributed by atoms with Gasteiger partial charge in [-0.3, -0.25) is 4.79 Å². The first-order valence-electron chi connectivity index (χ1n) is 5.19. The number of hydrogen-bond acceptors (Lipinski definition) is 4. The summed E-state index contributed by atoms with van der Waals surface area (Å²) in [5, 5.41) is 8.51. The van der Waals surface area contributed by atoms with Crippen LogP contribution >= 0.6 is 0 Å². The van der Waals surface area contributed by atoms with Gasteiger partial charge < -0.3 is 14.3 Å². The molecule has 0 spiro atoms. The summed E-state index contributed by atoms with van der Waals surface area (Å²) in [7, 11) is 0. The predicted molar refractivity (Wildman–Crippen MR) is 62.7 cm³/mol. The third-order valence-electron chi connectivity index (χ3n) is 2.22. The summed E-state index contributed by atoms with van der Waals surface area (Å²) >= 11 is 0. The van der Waals surface area contributed by atoms with Gasteiger partial charge in [0.15, 0.2) is 18.7 Å². The van der Waals surface area contributed by atoms with Crippen molar-refractivity contribution in [2.24, 2.45) is 0 Å². The van der Waals surface area contributed by atoms with Crippen molar-refractivity contribution in [3.05, 3.63) is 42.2 Å². The lowest BCUT2D eigenvalue weighted by atomic mass is 10.1. The molecule has 5 heteroatoms. The van der Waals surface area contributed by atoms with Crippen LogP contribution in [0.25, 0.3) is 11.3 Å². The Morgan fingerprint density at radius 1 is 1.33 bits per heavy atom. The molecule has 92 valence electrons. The number of carbonyl (C=O) groups excluding carboxylic acids is 1. The number of benzene rings is 1. The highest BCUT2D eigenvalue weighted by Gasteiger charge is 2.06. The summed E-state index contributed by atoms with van der Waals surface area (Å²) in [6, 6.07) is 10.0. The molecular weight excluding hydrogens is 236 g/mol. The molecule has 0 saturated heterocycles. The first-order chi connectivity index (χ1) is 8.69. The minimum Gasteiger partial charge on any atom is -0.482 e. The van der Waals surface area contributed by atoms with E-state index >= 15 is 0 Å². The Bertz CT molecular complexity index is 570. The van der Waals surface area contributed by atoms with Gasteiger partial charge in [-0.05, 0) is 24.3 Å². The molecule has 0 bridgehead atoms. The molecular formula is C13H10O5. The highest BCUT2D eigenvalue weighted by molar-refractivity contribution is 5.73. The van der Waals surface area contributed by atoms with E-state index in [1.54, 1.807) is 36.4 Å². The summed E-state index contributed by atoms with van der Waals surface area (Å²) in [5.41, 5.74) is 0.714. The Labute approximate surface area is 103 Å². The van der Waals surface area contributed by atoms with Gasteiger partial charge in [0.1, 0.15) is 11.5 Å². The van der Waals surface area contributed by atoms with Crippen molar-refractivity contribution in [2.45, 2.75) is 0 Å². The van der Waals surface area contributed by atoms with Crippen LogP contribution in [-0.4, -0.2) is 24.0 Å². The standard InChI is InChI=1S/C13H10O5/c14-7-11-4-5-12(18-11)9-2-1-3-10(6-9)17-8-13(15)16/h1-7H,8H2,(H,15,16). The summed E-state index contributed by atoms with van der Waals surface area (Å²) in [5.74, 6) is 0.153. The van der Waals surface area contributed by atoms with E-state index in [1.165, 1.54) is 0 Å². The number of aliphatic carboxylic acids is 1. The Balaban J connectivity index is 2.20. The van der Waals surface area contributed by atoms with Crippen molar-refractivity contribution in [3.63, 3.8) is 0 Å². The Hall–Kier alpha value is -2.56. The number of furan rings is 1. The van der Waals surface area contributed by atoms with Crippen LogP contribution in [0.1, 0.15) is 10.6 Å². The number of carboxylic acids is 1. The normalized spacial score (nSPS) is 10.0. The van der Waals surface area contributed by atoms with Crippen LogP contribution < -0.4 is 4.74 Å². The third kappa shape index (κ3) is 2.76. The molecule has 0 radical (unpaired) electrons.